The lowest BCUT2D eigenvalue weighted by molar-refractivity contribution is -0.149. The molecule has 8 nitrogen and oxygen atoms in total. The molecule has 4 atom stereocenters. The second-order valence-corrected chi connectivity index (χ2v) is 10.2. The fraction of sp³-hybridized carbons (Fsp3) is 0.640. The van der Waals surface area contributed by atoms with E-state index in [2.05, 4.69) is 10.6 Å². The standard InChI is InChI=1S/C25H37N3O5/c1-15(29)25(5,31-6)21-12-8-16-13-17(7-11-20(16)32-21)22(26)27-18-9-10-19(14-18)28-23(30)33-24(2,3)4/h7,11,13,18-19,21H,8-10,12,14H2,1-6H3,(H2,26,27)(H,28,30)/t18-,19+,21-,25-/m1/s1. The number of benzene rings is 1. The molecule has 1 aromatic rings. The Morgan fingerprint density at radius 1 is 1.09 bits per heavy atom. The van der Waals surface area contributed by atoms with Gasteiger partial charge in [-0.1, -0.05) is 0 Å². The second-order valence-electron chi connectivity index (χ2n) is 10.2. The molecular weight excluding hydrogens is 422 g/mol. The number of alkyl carbamates (subject to hydrolysis) is 1. The number of hydrogen-bond donors (Lipinski definition) is 3. The fourth-order valence-corrected chi connectivity index (χ4v) is 4.44. The molecule has 0 saturated heterocycles. The van der Waals surface area contributed by atoms with Crippen molar-refractivity contribution in [3.05, 3.63) is 29.3 Å². The molecule has 2 aliphatic rings. The zero-order chi connectivity index (χ0) is 24.4. The summed E-state index contributed by atoms with van der Waals surface area (Å²) < 4.78 is 16.9. The van der Waals surface area contributed by atoms with Crippen molar-refractivity contribution in [2.45, 2.75) is 96.1 Å². The minimum Gasteiger partial charge on any atom is -0.487 e. The molecule has 1 aliphatic carbocycles. The van der Waals surface area contributed by atoms with Crippen LogP contribution in [-0.2, 0) is 20.7 Å². The van der Waals surface area contributed by atoms with Crippen LogP contribution >= 0.6 is 0 Å². The van der Waals surface area contributed by atoms with Crippen LogP contribution in [-0.4, -0.2) is 54.2 Å². The highest BCUT2D eigenvalue weighted by Gasteiger charge is 2.42. The van der Waals surface area contributed by atoms with Crippen LogP contribution in [0.25, 0.3) is 0 Å². The number of aryl methyl sites for hydroxylation is 1. The Kier molecular flexibility index (Phi) is 7.36. The van der Waals surface area contributed by atoms with Crippen molar-refractivity contribution in [2.75, 3.05) is 7.11 Å². The average Bonchev–Trinajstić information content (AvgIpc) is 3.17. The van der Waals surface area contributed by atoms with E-state index in [1.165, 1.54) is 14.0 Å². The van der Waals surface area contributed by atoms with E-state index in [1.807, 2.05) is 39.0 Å². The third-order valence-corrected chi connectivity index (χ3v) is 6.53. The molecule has 0 spiro atoms. The number of nitrogens with one attached hydrogen (secondary N) is 3. The summed E-state index contributed by atoms with van der Waals surface area (Å²) in [5, 5.41) is 14.8. The van der Waals surface area contributed by atoms with Crippen LogP contribution in [0.5, 0.6) is 5.75 Å². The summed E-state index contributed by atoms with van der Waals surface area (Å²) in [4.78, 5) is 24.1. The zero-order valence-electron chi connectivity index (χ0n) is 20.5. The lowest BCUT2D eigenvalue weighted by atomic mass is 9.87. The largest absolute Gasteiger partial charge is 0.487 e. The van der Waals surface area contributed by atoms with Crippen molar-refractivity contribution in [3.8, 4) is 5.75 Å². The molecule has 1 heterocycles. The number of ketones is 1. The molecule has 0 aromatic heterocycles. The van der Waals surface area contributed by atoms with Crippen LogP contribution in [0.1, 0.15) is 71.4 Å². The van der Waals surface area contributed by atoms with E-state index in [0.717, 1.165) is 42.6 Å². The number of hydrogen-bond acceptors (Lipinski definition) is 6. The molecule has 0 radical (unpaired) electrons. The Labute approximate surface area is 196 Å². The van der Waals surface area contributed by atoms with E-state index in [-0.39, 0.29) is 24.0 Å². The zero-order valence-corrected chi connectivity index (χ0v) is 20.5. The summed E-state index contributed by atoms with van der Waals surface area (Å²) in [5.41, 5.74) is 0.317. The van der Waals surface area contributed by atoms with Gasteiger partial charge in [0.25, 0.3) is 0 Å². The van der Waals surface area contributed by atoms with Crippen LogP contribution < -0.4 is 15.4 Å². The maximum absolute atomic E-state index is 12.1. The molecule has 182 valence electrons. The van der Waals surface area contributed by atoms with Gasteiger partial charge in [-0.3, -0.25) is 10.2 Å². The quantitative estimate of drug-likeness (QED) is 0.442. The number of amidine groups is 1. The number of ether oxygens (including phenoxy) is 3. The molecule has 33 heavy (non-hydrogen) atoms. The Balaban J connectivity index is 1.56. The predicted molar refractivity (Wildman–Crippen MR) is 126 cm³/mol. The third kappa shape index (κ3) is 6.05. The number of methoxy groups -OCH3 is 1. The molecule has 1 saturated carbocycles. The third-order valence-electron chi connectivity index (χ3n) is 6.53. The maximum atomic E-state index is 12.1. The van der Waals surface area contributed by atoms with Gasteiger partial charge in [0.2, 0.25) is 0 Å². The van der Waals surface area contributed by atoms with Gasteiger partial charge in [-0.05, 0) is 90.5 Å². The van der Waals surface area contributed by atoms with E-state index in [4.69, 9.17) is 19.6 Å². The number of carbonyl (C=O) groups is 2. The Hall–Kier alpha value is -2.61. The van der Waals surface area contributed by atoms with Crippen molar-refractivity contribution in [1.82, 2.24) is 10.6 Å². The highest BCUT2D eigenvalue weighted by Crippen LogP contribution is 2.34. The van der Waals surface area contributed by atoms with E-state index in [9.17, 15) is 9.59 Å². The molecule has 1 aromatic carbocycles. The monoisotopic (exact) mass is 459 g/mol. The van der Waals surface area contributed by atoms with Crippen molar-refractivity contribution in [3.63, 3.8) is 0 Å². The fourth-order valence-electron chi connectivity index (χ4n) is 4.44. The lowest BCUT2D eigenvalue weighted by Crippen LogP contribution is -2.51. The Morgan fingerprint density at radius 3 is 2.36 bits per heavy atom. The van der Waals surface area contributed by atoms with Crippen LogP contribution in [0.2, 0.25) is 0 Å². The maximum Gasteiger partial charge on any atom is 0.407 e. The molecule has 0 bridgehead atoms. The minimum atomic E-state index is -0.975. The first-order chi connectivity index (χ1) is 15.4. The van der Waals surface area contributed by atoms with Crippen LogP contribution in [0.4, 0.5) is 4.79 Å². The minimum absolute atomic E-state index is 0.0374. The molecular formula is C25H37N3O5. The van der Waals surface area contributed by atoms with Crippen LogP contribution in [0.15, 0.2) is 18.2 Å². The number of rotatable bonds is 6. The first kappa shape index (κ1) is 25.0. The van der Waals surface area contributed by atoms with Crippen molar-refractivity contribution in [1.29, 1.82) is 5.41 Å². The van der Waals surface area contributed by atoms with Gasteiger partial charge in [0.05, 0.1) is 0 Å². The summed E-state index contributed by atoms with van der Waals surface area (Å²) >= 11 is 0. The molecule has 3 rings (SSSR count). The summed E-state index contributed by atoms with van der Waals surface area (Å²) in [7, 11) is 1.53. The highest BCUT2D eigenvalue weighted by molar-refractivity contribution is 5.97. The average molecular weight is 460 g/mol. The van der Waals surface area contributed by atoms with Crippen molar-refractivity contribution >= 4 is 17.7 Å². The number of fused-ring (bicyclic) bond motifs is 1. The van der Waals surface area contributed by atoms with E-state index in [1.54, 1.807) is 6.92 Å². The first-order valence-electron chi connectivity index (χ1n) is 11.6. The number of carbonyl (C=O) groups excluding carboxylic acids is 2. The van der Waals surface area contributed by atoms with Gasteiger partial charge in [-0.15, -0.1) is 0 Å². The van der Waals surface area contributed by atoms with E-state index < -0.39 is 17.3 Å². The lowest BCUT2D eigenvalue weighted by Gasteiger charge is -2.37. The van der Waals surface area contributed by atoms with E-state index >= 15 is 0 Å². The van der Waals surface area contributed by atoms with Crippen LogP contribution in [0, 0.1) is 5.41 Å². The topological polar surface area (TPSA) is 110 Å². The normalized spacial score (nSPS) is 24.1. The van der Waals surface area contributed by atoms with E-state index in [0.29, 0.717) is 12.3 Å². The van der Waals surface area contributed by atoms with Gasteiger partial charge in [0.15, 0.2) is 11.4 Å². The second kappa shape index (κ2) is 9.71. The molecule has 1 aliphatic heterocycles. The number of amides is 1. The SMILES string of the molecule is CO[C@](C)(C(C)=O)[C@H]1CCc2cc(C(=N)N[C@@H]3CC[C@H](NC(=O)OC(C)(C)C)C3)ccc2O1. The number of Topliss-reactive ketones (excluding diaryl/α,β-unsaturated/α-hetero) is 1. The van der Waals surface area contributed by atoms with Crippen LogP contribution in [0.3, 0.4) is 0 Å². The molecule has 0 unspecified atom stereocenters. The summed E-state index contributed by atoms with van der Waals surface area (Å²) in [6.45, 7) is 8.82. The smallest absolute Gasteiger partial charge is 0.407 e. The molecule has 1 fully saturated rings. The van der Waals surface area contributed by atoms with Gasteiger partial charge >= 0.3 is 6.09 Å². The van der Waals surface area contributed by atoms with Gasteiger partial charge in [0, 0.05) is 24.8 Å². The summed E-state index contributed by atoms with van der Waals surface area (Å²) in [6.07, 6.45) is 3.14. The highest BCUT2D eigenvalue weighted by atomic mass is 16.6. The molecule has 8 heteroatoms. The van der Waals surface area contributed by atoms with Gasteiger partial charge in [0.1, 0.15) is 23.3 Å². The molecule has 1 amide bonds. The predicted octanol–water partition coefficient (Wildman–Crippen LogP) is 3.74. The van der Waals surface area contributed by atoms with Crippen molar-refractivity contribution < 1.29 is 23.8 Å². The Bertz CT molecular complexity index is 910. The first-order valence-corrected chi connectivity index (χ1v) is 11.6. The van der Waals surface area contributed by atoms with Gasteiger partial charge in [-0.25, -0.2) is 4.79 Å². The summed E-state index contributed by atoms with van der Waals surface area (Å²) in [5.74, 6) is 1.03. The van der Waals surface area contributed by atoms with Crippen molar-refractivity contribution in [2.24, 2.45) is 0 Å². The Morgan fingerprint density at radius 2 is 1.76 bits per heavy atom. The van der Waals surface area contributed by atoms with Gasteiger partial charge < -0.3 is 24.8 Å². The summed E-state index contributed by atoms with van der Waals surface area (Å²) in [6, 6.07) is 5.86. The molecule has 3 N–H and O–H groups in total. The van der Waals surface area contributed by atoms with Gasteiger partial charge in [-0.2, -0.15) is 0 Å².